The van der Waals surface area contributed by atoms with E-state index in [1.807, 2.05) is 12.3 Å². The molecule has 0 aliphatic carbocycles. The van der Waals surface area contributed by atoms with Crippen LogP contribution in [0.4, 0.5) is 0 Å². The van der Waals surface area contributed by atoms with Gasteiger partial charge < -0.3 is 9.88 Å². The van der Waals surface area contributed by atoms with Crippen LogP contribution in [0.25, 0.3) is 11.2 Å². The predicted octanol–water partition coefficient (Wildman–Crippen LogP) is 3.08. The number of aromatic nitrogens is 3. The molecule has 4 nitrogen and oxygen atoms in total. The third-order valence-electron chi connectivity index (χ3n) is 4.59. The Balaban J connectivity index is 1.72. The Bertz CT molecular complexity index is 815. The van der Waals surface area contributed by atoms with Gasteiger partial charge in [0.15, 0.2) is 5.65 Å². The van der Waals surface area contributed by atoms with Crippen LogP contribution in [0.15, 0.2) is 42.6 Å². The number of fused-ring (bicyclic) bond motifs is 1. The van der Waals surface area contributed by atoms with E-state index in [4.69, 9.17) is 4.98 Å². The summed E-state index contributed by atoms with van der Waals surface area (Å²) < 4.78 is 2.31. The van der Waals surface area contributed by atoms with Gasteiger partial charge >= 0.3 is 0 Å². The zero-order chi connectivity index (χ0) is 15.6. The molecule has 118 valence electrons. The Kier molecular flexibility index (Phi) is 3.83. The van der Waals surface area contributed by atoms with Crippen LogP contribution in [-0.4, -0.2) is 27.1 Å². The quantitative estimate of drug-likeness (QED) is 0.805. The van der Waals surface area contributed by atoms with Crippen LogP contribution in [0.1, 0.15) is 29.8 Å². The highest BCUT2D eigenvalue weighted by molar-refractivity contribution is 5.71. The molecule has 1 fully saturated rings. The minimum atomic E-state index is 0.533. The van der Waals surface area contributed by atoms with Crippen molar-refractivity contribution in [3.63, 3.8) is 0 Å². The van der Waals surface area contributed by atoms with Gasteiger partial charge in [0.05, 0.1) is 0 Å². The van der Waals surface area contributed by atoms with Gasteiger partial charge in [0.1, 0.15) is 11.3 Å². The lowest BCUT2D eigenvalue weighted by molar-refractivity contribution is 0.505. The first-order valence-corrected chi connectivity index (χ1v) is 8.39. The van der Waals surface area contributed by atoms with E-state index in [-0.39, 0.29) is 0 Å². The van der Waals surface area contributed by atoms with Crippen molar-refractivity contribution in [3.8, 4) is 0 Å². The molecule has 0 amide bonds. The summed E-state index contributed by atoms with van der Waals surface area (Å²) in [5.74, 6) is 1.11. The minimum absolute atomic E-state index is 0.533. The van der Waals surface area contributed by atoms with Crippen LogP contribution in [0.2, 0.25) is 0 Å². The van der Waals surface area contributed by atoms with Crippen molar-refractivity contribution in [3.05, 3.63) is 59.5 Å². The number of aryl methyl sites for hydroxylation is 1. The maximum Gasteiger partial charge on any atom is 0.160 e. The molecule has 4 heteroatoms. The van der Waals surface area contributed by atoms with Gasteiger partial charge in [-0.1, -0.05) is 29.8 Å². The van der Waals surface area contributed by atoms with Crippen LogP contribution in [0, 0.1) is 6.92 Å². The Hall–Kier alpha value is -2.20. The first kappa shape index (κ1) is 14.4. The van der Waals surface area contributed by atoms with Gasteiger partial charge in [0, 0.05) is 25.2 Å². The fourth-order valence-corrected chi connectivity index (χ4v) is 3.47. The maximum atomic E-state index is 4.85. The Morgan fingerprint density at radius 2 is 2.22 bits per heavy atom. The molecule has 2 aromatic heterocycles. The van der Waals surface area contributed by atoms with Crippen molar-refractivity contribution in [1.82, 2.24) is 19.9 Å². The standard InChI is InChI=1S/C19H22N4/c1-14-5-2-6-15(11-14)12-18-22-17-8-4-10-21-19(17)23(18)13-16-7-3-9-20-16/h2,4-6,8,10-11,16,20H,3,7,9,12-13H2,1H3. The number of nitrogens with one attached hydrogen (secondary N) is 1. The molecule has 3 aromatic rings. The van der Waals surface area contributed by atoms with Crippen LogP contribution in [0.5, 0.6) is 0 Å². The van der Waals surface area contributed by atoms with E-state index < -0.39 is 0 Å². The highest BCUT2D eigenvalue weighted by Crippen LogP contribution is 2.19. The Labute approximate surface area is 136 Å². The van der Waals surface area contributed by atoms with Crippen LogP contribution >= 0.6 is 0 Å². The number of pyridine rings is 1. The first-order valence-electron chi connectivity index (χ1n) is 8.39. The van der Waals surface area contributed by atoms with E-state index in [9.17, 15) is 0 Å². The lowest BCUT2D eigenvalue weighted by Gasteiger charge is -2.14. The van der Waals surface area contributed by atoms with E-state index >= 15 is 0 Å². The highest BCUT2D eigenvalue weighted by Gasteiger charge is 2.19. The Morgan fingerprint density at radius 3 is 3.04 bits per heavy atom. The van der Waals surface area contributed by atoms with Gasteiger partial charge in [-0.25, -0.2) is 9.97 Å². The number of imidazole rings is 1. The molecule has 0 saturated carbocycles. The topological polar surface area (TPSA) is 42.7 Å². The smallest absolute Gasteiger partial charge is 0.160 e. The van der Waals surface area contributed by atoms with E-state index in [0.29, 0.717) is 6.04 Å². The molecule has 1 unspecified atom stereocenters. The van der Waals surface area contributed by atoms with Gasteiger partial charge in [-0.05, 0) is 44.0 Å². The van der Waals surface area contributed by atoms with E-state index in [1.165, 1.54) is 24.0 Å². The third kappa shape index (κ3) is 2.99. The van der Waals surface area contributed by atoms with E-state index in [2.05, 4.69) is 52.1 Å². The largest absolute Gasteiger partial charge is 0.312 e. The number of hydrogen-bond donors (Lipinski definition) is 1. The fourth-order valence-electron chi connectivity index (χ4n) is 3.47. The average Bonchev–Trinajstić information content (AvgIpc) is 3.17. The monoisotopic (exact) mass is 306 g/mol. The molecule has 0 bridgehead atoms. The van der Waals surface area contributed by atoms with Crippen molar-refractivity contribution in [2.24, 2.45) is 0 Å². The summed E-state index contributed by atoms with van der Waals surface area (Å²) in [6.07, 6.45) is 5.21. The summed E-state index contributed by atoms with van der Waals surface area (Å²) in [5.41, 5.74) is 4.60. The van der Waals surface area contributed by atoms with Crippen molar-refractivity contribution >= 4 is 11.2 Å². The molecule has 1 saturated heterocycles. The van der Waals surface area contributed by atoms with Crippen molar-refractivity contribution < 1.29 is 0 Å². The molecular weight excluding hydrogens is 284 g/mol. The summed E-state index contributed by atoms with van der Waals surface area (Å²) in [4.78, 5) is 9.43. The number of nitrogens with zero attached hydrogens (tertiary/aromatic N) is 3. The third-order valence-corrected chi connectivity index (χ3v) is 4.59. The lowest BCUT2D eigenvalue weighted by atomic mass is 10.1. The number of benzene rings is 1. The SMILES string of the molecule is Cc1cccc(Cc2nc3cccnc3n2CC2CCCN2)c1. The molecule has 1 aromatic carbocycles. The summed E-state index contributed by atoms with van der Waals surface area (Å²) in [5, 5.41) is 3.58. The second-order valence-electron chi connectivity index (χ2n) is 6.44. The number of rotatable bonds is 4. The molecule has 1 atom stereocenters. The summed E-state index contributed by atoms with van der Waals surface area (Å²) in [7, 11) is 0. The first-order chi connectivity index (χ1) is 11.3. The van der Waals surface area contributed by atoms with Crippen molar-refractivity contribution in [2.45, 2.75) is 38.8 Å². The van der Waals surface area contributed by atoms with Gasteiger partial charge in [-0.3, -0.25) is 0 Å². The maximum absolute atomic E-state index is 4.85. The van der Waals surface area contributed by atoms with Crippen molar-refractivity contribution in [2.75, 3.05) is 6.54 Å². The zero-order valence-electron chi connectivity index (χ0n) is 13.5. The number of hydrogen-bond acceptors (Lipinski definition) is 3. The molecule has 4 rings (SSSR count). The van der Waals surface area contributed by atoms with Crippen molar-refractivity contribution in [1.29, 1.82) is 0 Å². The average molecular weight is 306 g/mol. The second-order valence-corrected chi connectivity index (χ2v) is 6.44. The van der Waals surface area contributed by atoms with Gasteiger partial charge in [0.25, 0.3) is 0 Å². The highest BCUT2D eigenvalue weighted by atomic mass is 15.2. The molecule has 1 aliphatic heterocycles. The predicted molar refractivity (Wildman–Crippen MR) is 92.5 cm³/mol. The van der Waals surface area contributed by atoms with Crippen LogP contribution in [0.3, 0.4) is 0 Å². The molecule has 1 N–H and O–H groups in total. The van der Waals surface area contributed by atoms with Gasteiger partial charge in [-0.15, -0.1) is 0 Å². The molecule has 23 heavy (non-hydrogen) atoms. The molecule has 0 spiro atoms. The normalized spacial score (nSPS) is 17.9. The van der Waals surface area contributed by atoms with E-state index in [1.54, 1.807) is 0 Å². The molecule has 3 heterocycles. The van der Waals surface area contributed by atoms with E-state index in [0.717, 1.165) is 36.5 Å². The lowest BCUT2D eigenvalue weighted by Crippen LogP contribution is -2.27. The zero-order valence-corrected chi connectivity index (χ0v) is 13.5. The molecule has 1 aliphatic rings. The molecule has 0 radical (unpaired) electrons. The summed E-state index contributed by atoms with van der Waals surface area (Å²) >= 11 is 0. The fraction of sp³-hybridized carbons (Fsp3) is 0.368. The summed E-state index contributed by atoms with van der Waals surface area (Å²) in [6, 6.07) is 13.2. The van der Waals surface area contributed by atoms with Gasteiger partial charge in [-0.2, -0.15) is 0 Å². The van der Waals surface area contributed by atoms with Gasteiger partial charge in [0.2, 0.25) is 0 Å². The molecular formula is C19H22N4. The van der Waals surface area contributed by atoms with Crippen LogP contribution < -0.4 is 5.32 Å². The Morgan fingerprint density at radius 1 is 1.26 bits per heavy atom. The minimum Gasteiger partial charge on any atom is -0.312 e. The van der Waals surface area contributed by atoms with Crippen LogP contribution in [-0.2, 0) is 13.0 Å². The second kappa shape index (κ2) is 6.13. The summed E-state index contributed by atoms with van der Waals surface area (Å²) in [6.45, 7) is 4.21.